The predicted molar refractivity (Wildman–Crippen MR) is 63.7 cm³/mol. The first kappa shape index (κ1) is 13.8. The van der Waals surface area contributed by atoms with E-state index >= 15 is 0 Å². The summed E-state index contributed by atoms with van der Waals surface area (Å²) in [5.74, 6) is -0.702. The maximum absolute atomic E-state index is 11.2. The second-order valence-electron chi connectivity index (χ2n) is 3.58. The van der Waals surface area contributed by atoms with Crippen LogP contribution in [0.15, 0.2) is 18.2 Å². The number of aliphatic carboxylic acids is 1. The van der Waals surface area contributed by atoms with Crippen molar-refractivity contribution in [3.63, 3.8) is 0 Å². The van der Waals surface area contributed by atoms with Crippen LogP contribution in [0, 0.1) is 0 Å². The average molecular weight is 253 g/mol. The Kier molecular flexibility index (Phi) is 4.53. The number of methoxy groups -OCH3 is 2. The van der Waals surface area contributed by atoms with Gasteiger partial charge < -0.3 is 19.9 Å². The fourth-order valence-corrected chi connectivity index (χ4v) is 1.53. The van der Waals surface area contributed by atoms with Crippen molar-refractivity contribution in [1.82, 2.24) is 5.32 Å². The predicted octanol–water partition coefficient (Wildman–Crippen LogP) is 0.966. The van der Waals surface area contributed by atoms with Crippen molar-refractivity contribution in [3.8, 4) is 11.5 Å². The zero-order valence-electron chi connectivity index (χ0n) is 10.4. The van der Waals surface area contributed by atoms with Gasteiger partial charge in [-0.2, -0.15) is 0 Å². The molecule has 1 amide bonds. The van der Waals surface area contributed by atoms with Gasteiger partial charge in [-0.1, -0.05) is 0 Å². The van der Waals surface area contributed by atoms with E-state index in [1.807, 2.05) is 0 Å². The molecular formula is C12H15NO5. The van der Waals surface area contributed by atoms with Crippen molar-refractivity contribution in [1.29, 1.82) is 0 Å². The number of nitrogens with one attached hydrogen (secondary N) is 1. The number of carbonyl (C=O) groups is 2. The number of benzene rings is 1. The fourth-order valence-electron chi connectivity index (χ4n) is 1.53. The van der Waals surface area contributed by atoms with Gasteiger partial charge in [0.2, 0.25) is 5.91 Å². The molecule has 1 rings (SSSR count). The largest absolute Gasteiger partial charge is 0.497 e. The van der Waals surface area contributed by atoms with Crippen molar-refractivity contribution < 1.29 is 24.2 Å². The average Bonchev–Trinajstić information content (AvgIpc) is 2.34. The highest BCUT2D eigenvalue weighted by Gasteiger charge is 2.24. The van der Waals surface area contributed by atoms with E-state index in [2.05, 4.69) is 5.32 Å². The summed E-state index contributed by atoms with van der Waals surface area (Å²) in [7, 11) is 2.92. The third kappa shape index (κ3) is 3.13. The van der Waals surface area contributed by atoms with E-state index in [1.54, 1.807) is 18.2 Å². The second-order valence-corrected chi connectivity index (χ2v) is 3.58. The number of carbonyl (C=O) groups excluding carboxylic acids is 1. The monoisotopic (exact) mass is 253 g/mol. The Labute approximate surface area is 105 Å². The van der Waals surface area contributed by atoms with E-state index in [9.17, 15) is 9.59 Å². The van der Waals surface area contributed by atoms with E-state index in [0.29, 0.717) is 17.1 Å². The van der Waals surface area contributed by atoms with Crippen LogP contribution < -0.4 is 14.8 Å². The second kappa shape index (κ2) is 5.90. The Bertz CT molecular complexity index is 458. The third-order valence-electron chi connectivity index (χ3n) is 2.35. The first-order chi connectivity index (χ1) is 8.49. The van der Waals surface area contributed by atoms with Crippen LogP contribution >= 0.6 is 0 Å². The molecule has 0 aliphatic rings. The molecule has 0 aromatic heterocycles. The summed E-state index contributed by atoms with van der Waals surface area (Å²) in [5.41, 5.74) is 0.362. The maximum Gasteiger partial charge on any atom is 0.331 e. The van der Waals surface area contributed by atoms with Crippen LogP contribution in [0.25, 0.3) is 0 Å². The molecule has 1 aromatic rings. The molecule has 0 heterocycles. The van der Waals surface area contributed by atoms with Crippen LogP contribution in [0.4, 0.5) is 0 Å². The smallest absolute Gasteiger partial charge is 0.331 e. The molecule has 0 radical (unpaired) electrons. The zero-order chi connectivity index (χ0) is 13.7. The number of amides is 1. The molecule has 6 nitrogen and oxygen atoms in total. The zero-order valence-corrected chi connectivity index (χ0v) is 10.4. The van der Waals surface area contributed by atoms with Crippen LogP contribution in [0.1, 0.15) is 18.5 Å². The summed E-state index contributed by atoms with van der Waals surface area (Å²) in [4.78, 5) is 22.2. The van der Waals surface area contributed by atoms with Crippen LogP contribution in [-0.2, 0) is 9.59 Å². The molecule has 0 saturated carbocycles. The molecule has 6 heteroatoms. The minimum atomic E-state index is -1.16. The molecule has 98 valence electrons. The molecule has 0 bridgehead atoms. The molecule has 0 fully saturated rings. The Balaban J connectivity index is 3.18. The van der Waals surface area contributed by atoms with E-state index in [-0.39, 0.29) is 0 Å². The quantitative estimate of drug-likeness (QED) is 0.816. The third-order valence-corrected chi connectivity index (χ3v) is 2.35. The summed E-state index contributed by atoms with van der Waals surface area (Å²) < 4.78 is 10.1. The Morgan fingerprint density at radius 2 is 1.94 bits per heavy atom. The molecular weight excluding hydrogens is 238 g/mol. The highest BCUT2D eigenvalue weighted by molar-refractivity contribution is 5.84. The van der Waals surface area contributed by atoms with Crippen LogP contribution in [0.3, 0.4) is 0 Å². The van der Waals surface area contributed by atoms with E-state index in [0.717, 1.165) is 0 Å². The topological polar surface area (TPSA) is 84.9 Å². The summed E-state index contributed by atoms with van der Waals surface area (Å²) in [6, 6.07) is 3.57. The van der Waals surface area contributed by atoms with Crippen molar-refractivity contribution in [3.05, 3.63) is 23.8 Å². The van der Waals surface area contributed by atoms with Gasteiger partial charge in [0.25, 0.3) is 0 Å². The number of hydrogen-bond acceptors (Lipinski definition) is 4. The van der Waals surface area contributed by atoms with Gasteiger partial charge in [-0.15, -0.1) is 0 Å². The van der Waals surface area contributed by atoms with Crippen LogP contribution in [-0.4, -0.2) is 31.2 Å². The molecule has 0 saturated heterocycles. The first-order valence-corrected chi connectivity index (χ1v) is 5.21. The van der Waals surface area contributed by atoms with Gasteiger partial charge in [0, 0.05) is 18.6 Å². The number of carboxylic acids is 1. The summed E-state index contributed by atoms with van der Waals surface area (Å²) >= 11 is 0. The lowest BCUT2D eigenvalue weighted by molar-refractivity contribution is -0.141. The standard InChI is InChI=1S/C12H15NO5/c1-7(14)13-11(12(15)16)9-5-4-8(17-2)6-10(9)18-3/h4-6,11H,1-3H3,(H,13,14)(H,15,16)/t11-/m0/s1. The van der Waals surface area contributed by atoms with Crippen molar-refractivity contribution in [2.45, 2.75) is 13.0 Å². The summed E-state index contributed by atoms with van der Waals surface area (Å²) in [6.07, 6.45) is 0. The fraction of sp³-hybridized carbons (Fsp3) is 0.333. The SMILES string of the molecule is COc1ccc([C@H](NC(C)=O)C(=O)O)c(OC)c1. The van der Waals surface area contributed by atoms with Gasteiger partial charge in [-0.25, -0.2) is 4.79 Å². The molecule has 2 N–H and O–H groups in total. The molecule has 1 aromatic carbocycles. The summed E-state index contributed by atoms with van der Waals surface area (Å²) in [5, 5.41) is 11.5. The molecule has 1 atom stereocenters. The first-order valence-electron chi connectivity index (χ1n) is 5.21. The van der Waals surface area contributed by atoms with Gasteiger partial charge >= 0.3 is 5.97 Å². The van der Waals surface area contributed by atoms with E-state index in [1.165, 1.54) is 21.1 Å². The van der Waals surface area contributed by atoms with E-state index < -0.39 is 17.9 Å². The van der Waals surface area contributed by atoms with Crippen LogP contribution in [0.2, 0.25) is 0 Å². The van der Waals surface area contributed by atoms with Gasteiger partial charge in [0.05, 0.1) is 14.2 Å². The number of carboxylic acid groups (broad SMARTS) is 1. The van der Waals surface area contributed by atoms with Gasteiger partial charge in [0.1, 0.15) is 11.5 Å². The molecule has 0 spiro atoms. The number of ether oxygens (including phenoxy) is 2. The number of hydrogen-bond donors (Lipinski definition) is 2. The van der Waals surface area contributed by atoms with Crippen molar-refractivity contribution >= 4 is 11.9 Å². The van der Waals surface area contributed by atoms with Gasteiger partial charge in [-0.05, 0) is 12.1 Å². The van der Waals surface area contributed by atoms with Gasteiger partial charge in [0.15, 0.2) is 6.04 Å². The van der Waals surface area contributed by atoms with Gasteiger partial charge in [-0.3, -0.25) is 4.79 Å². The lowest BCUT2D eigenvalue weighted by Crippen LogP contribution is -2.32. The Morgan fingerprint density at radius 1 is 1.28 bits per heavy atom. The minimum Gasteiger partial charge on any atom is -0.497 e. The van der Waals surface area contributed by atoms with Crippen molar-refractivity contribution in [2.24, 2.45) is 0 Å². The summed E-state index contributed by atoms with van der Waals surface area (Å²) in [6.45, 7) is 1.26. The maximum atomic E-state index is 11.2. The highest BCUT2D eigenvalue weighted by Crippen LogP contribution is 2.29. The van der Waals surface area contributed by atoms with E-state index in [4.69, 9.17) is 14.6 Å². The molecule has 0 aliphatic carbocycles. The molecule has 18 heavy (non-hydrogen) atoms. The highest BCUT2D eigenvalue weighted by atomic mass is 16.5. The Hall–Kier alpha value is -2.24. The lowest BCUT2D eigenvalue weighted by Gasteiger charge is -2.17. The Morgan fingerprint density at radius 3 is 2.39 bits per heavy atom. The molecule has 0 aliphatic heterocycles. The minimum absolute atomic E-state index is 0.343. The number of rotatable bonds is 5. The lowest BCUT2D eigenvalue weighted by atomic mass is 10.1. The molecule has 0 unspecified atom stereocenters. The van der Waals surface area contributed by atoms with Crippen molar-refractivity contribution in [2.75, 3.05) is 14.2 Å². The van der Waals surface area contributed by atoms with Crippen LogP contribution in [0.5, 0.6) is 11.5 Å². The normalized spacial score (nSPS) is 11.5.